The topological polar surface area (TPSA) is 66.8 Å². The van der Waals surface area contributed by atoms with Crippen molar-refractivity contribution in [3.8, 4) is 5.75 Å². The zero-order valence-corrected chi connectivity index (χ0v) is 16.0. The third-order valence-corrected chi connectivity index (χ3v) is 5.36. The lowest BCUT2D eigenvalue weighted by Gasteiger charge is -2.27. The molecule has 1 amide bonds. The standard InChI is InChI=1S/C18H21NO4S2/c1-4-11(3)15(17(21)22)19-16(20)14(25-18(19)24)10-12-6-8-13(9-7-12)23-5-2/h6-11,15H,4-5H2,1-3H3,(H,21,22)/b14-10-/t11-,15-/m0/s1. The molecule has 0 saturated carbocycles. The third kappa shape index (κ3) is 4.41. The first kappa shape index (κ1) is 19.5. The number of carbonyl (C=O) groups is 2. The van der Waals surface area contributed by atoms with Crippen molar-refractivity contribution < 1.29 is 19.4 Å². The summed E-state index contributed by atoms with van der Waals surface area (Å²) >= 11 is 6.41. The van der Waals surface area contributed by atoms with E-state index in [-0.39, 0.29) is 16.1 Å². The van der Waals surface area contributed by atoms with Crippen molar-refractivity contribution in [2.75, 3.05) is 6.61 Å². The van der Waals surface area contributed by atoms with Crippen LogP contribution in [0.2, 0.25) is 0 Å². The highest BCUT2D eigenvalue weighted by molar-refractivity contribution is 8.26. The number of thiocarbonyl (C=S) groups is 1. The largest absolute Gasteiger partial charge is 0.494 e. The Morgan fingerprint density at radius 3 is 2.52 bits per heavy atom. The fraction of sp³-hybridized carbons (Fsp3) is 0.389. The molecular formula is C18H21NO4S2. The Morgan fingerprint density at radius 1 is 1.36 bits per heavy atom. The van der Waals surface area contributed by atoms with E-state index in [2.05, 4.69) is 0 Å². The second kappa shape index (κ2) is 8.49. The van der Waals surface area contributed by atoms with Crippen LogP contribution in [0.25, 0.3) is 6.08 Å². The maximum Gasteiger partial charge on any atom is 0.327 e. The number of thioether (sulfide) groups is 1. The van der Waals surface area contributed by atoms with Gasteiger partial charge in [-0.25, -0.2) is 4.79 Å². The van der Waals surface area contributed by atoms with Gasteiger partial charge in [0.05, 0.1) is 11.5 Å². The summed E-state index contributed by atoms with van der Waals surface area (Å²) in [6, 6.07) is 6.41. The Morgan fingerprint density at radius 2 is 2.00 bits per heavy atom. The smallest absolute Gasteiger partial charge is 0.327 e. The minimum atomic E-state index is -1.03. The Kier molecular flexibility index (Phi) is 6.61. The van der Waals surface area contributed by atoms with E-state index in [0.29, 0.717) is 17.9 Å². The highest BCUT2D eigenvalue weighted by Gasteiger charge is 2.42. The molecular weight excluding hydrogens is 358 g/mol. The van der Waals surface area contributed by atoms with Crippen molar-refractivity contribution >= 4 is 46.3 Å². The van der Waals surface area contributed by atoms with E-state index in [0.717, 1.165) is 23.1 Å². The van der Waals surface area contributed by atoms with Crippen molar-refractivity contribution in [2.45, 2.75) is 33.2 Å². The Bertz CT molecular complexity index is 700. The quantitative estimate of drug-likeness (QED) is 0.574. The second-order valence-electron chi connectivity index (χ2n) is 5.72. The number of rotatable bonds is 7. The molecule has 25 heavy (non-hydrogen) atoms. The maximum absolute atomic E-state index is 12.7. The molecule has 1 aliphatic rings. The van der Waals surface area contributed by atoms with Gasteiger partial charge in [-0.15, -0.1) is 0 Å². The number of carbonyl (C=O) groups excluding carboxylic acids is 1. The molecule has 1 aliphatic heterocycles. The molecule has 1 saturated heterocycles. The van der Waals surface area contributed by atoms with Gasteiger partial charge in [0.1, 0.15) is 16.1 Å². The van der Waals surface area contributed by atoms with E-state index in [1.54, 1.807) is 6.08 Å². The molecule has 2 atom stereocenters. The van der Waals surface area contributed by atoms with Crippen LogP contribution < -0.4 is 4.74 Å². The Balaban J connectivity index is 2.26. The van der Waals surface area contributed by atoms with E-state index in [1.807, 2.05) is 45.0 Å². The number of carboxylic acid groups (broad SMARTS) is 1. The molecule has 0 aromatic heterocycles. The van der Waals surface area contributed by atoms with Crippen molar-refractivity contribution in [1.82, 2.24) is 4.90 Å². The van der Waals surface area contributed by atoms with Crippen molar-refractivity contribution in [3.05, 3.63) is 34.7 Å². The molecule has 0 aliphatic carbocycles. The van der Waals surface area contributed by atoms with E-state index < -0.39 is 12.0 Å². The summed E-state index contributed by atoms with van der Waals surface area (Å²) in [5, 5.41) is 9.53. The number of hydrogen-bond donors (Lipinski definition) is 1. The van der Waals surface area contributed by atoms with Crippen LogP contribution in [0.3, 0.4) is 0 Å². The SMILES string of the molecule is CCOc1ccc(/C=C2\SC(=S)N([C@H](C(=O)O)[C@@H](C)CC)C2=O)cc1. The van der Waals surface area contributed by atoms with Crippen LogP contribution in [0.4, 0.5) is 0 Å². The maximum atomic E-state index is 12.7. The number of nitrogens with zero attached hydrogens (tertiary/aromatic N) is 1. The lowest BCUT2D eigenvalue weighted by Crippen LogP contribution is -2.47. The number of ether oxygens (including phenoxy) is 1. The molecule has 1 aromatic rings. The normalized spacial score (nSPS) is 18.5. The molecule has 134 valence electrons. The van der Waals surface area contributed by atoms with Gasteiger partial charge in [-0.2, -0.15) is 0 Å². The first-order valence-corrected chi connectivity index (χ1v) is 9.34. The Hall–Kier alpha value is -1.86. The fourth-order valence-electron chi connectivity index (χ4n) is 2.53. The van der Waals surface area contributed by atoms with Crippen molar-refractivity contribution in [3.63, 3.8) is 0 Å². The average molecular weight is 380 g/mol. The summed E-state index contributed by atoms with van der Waals surface area (Å²) in [6.07, 6.45) is 2.37. The number of amides is 1. The number of carboxylic acids is 1. The van der Waals surface area contributed by atoms with Gasteiger partial charge in [0.2, 0.25) is 0 Å². The molecule has 1 aromatic carbocycles. The van der Waals surface area contributed by atoms with Gasteiger partial charge in [-0.05, 0) is 36.6 Å². The molecule has 0 unspecified atom stereocenters. The van der Waals surface area contributed by atoms with Gasteiger partial charge in [0, 0.05) is 0 Å². The summed E-state index contributed by atoms with van der Waals surface area (Å²) in [4.78, 5) is 26.0. The minimum Gasteiger partial charge on any atom is -0.494 e. The molecule has 0 spiro atoms. The van der Waals surface area contributed by atoms with E-state index in [9.17, 15) is 14.7 Å². The van der Waals surface area contributed by atoms with Crippen LogP contribution in [0.15, 0.2) is 29.2 Å². The number of benzene rings is 1. The van der Waals surface area contributed by atoms with Gasteiger partial charge in [0.25, 0.3) is 5.91 Å². The zero-order valence-electron chi connectivity index (χ0n) is 14.4. The first-order chi connectivity index (χ1) is 11.9. The minimum absolute atomic E-state index is 0.190. The molecule has 7 heteroatoms. The lowest BCUT2D eigenvalue weighted by atomic mass is 9.98. The summed E-state index contributed by atoms with van der Waals surface area (Å²) in [5.74, 6) is -0.815. The predicted octanol–water partition coefficient (Wildman–Crippen LogP) is 3.79. The predicted molar refractivity (Wildman–Crippen MR) is 104 cm³/mol. The lowest BCUT2D eigenvalue weighted by molar-refractivity contribution is -0.147. The zero-order chi connectivity index (χ0) is 18.6. The number of hydrogen-bond acceptors (Lipinski definition) is 5. The van der Waals surface area contributed by atoms with Crippen LogP contribution in [-0.4, -0.2) is 38.9 Å². The van der Waals surface area contributed by atoms with Gasteiger partial charge < -0.3 is 9.84 Å². The van der Waals surface area contributed by atoms with Crippen LogP contribution in [0.5, 0.6) is 5.75 Å². The first-order valence-electron chi connectivity index (χ1n) is 8.11. The molecule has 1 N–H and O–H groups in total. The fourth-order valence-corrected chi connectivity index (χ4v) is 3.86. The molecule has 2 rings (SSSR count). The van der Waals surface area contributed by atoms with E-state index in [1.165, 1.54) is 4.90 Å². The van der Waals surface area contributed by atoms with Crippen LogP contribution in [-0.2, 0) is 9.59 Å². The molecule has 1 fully saturated rings. The van der Waals surface area contributed by atoms with Crippen molar-refractivity contribution in [2.24, 2.45) is 5.92 Å². The highest BCUT2D eigenvalue weighted by atomic mass is 32.2. The van der Waals surface area contributed by atoms with Gasteiger partial charge in [-0.3, -0.25) is 9.69 Å². The molecule has 0 bridgehead atoms. The van der Waals surface area contributed by atoms with Crippen molar-refractivity contribution in [1.29, 1.82) is 0 Å². The Labute approximate surface area is 157 Å². The van der Waals surface area contributed by atoms with Crippen LogP contribution in [0, 0.1) is 5.92 Å². The van der Waals surface area contributed by atoms with Gasteiger partial charge >= 0.3 is 5.97 Å². The molecule has 5 nitrogen and oxygen atoms in total. The summed E-state index contributed by atoms with van der Waals surface area (Å²) in [6.45, 7) is 6.21. The summed E-state index contributed by atoms with van der Waals surface area (Å²) in [7, 11) is 0. The van der Waals surface area contributed by atoms with Crippen LogP contribution in [0.1, 0.15) is 32.8 Å². The average Bonchev–Trinajstić information content (AvgIpc) is 2.84. The molecule has 0 radical (unpaired) electrons. The second-order valence-corrected chi connectivity index (χ2v) is 7.40. The van der Waals surface area contributed by atoms with Gasteiger partial charge in [0.15, 0.2) is 0 Å². The van der Waals surface area contributed by atoms with Crippen LogP contribution >= 0.6 is 24.0 Å². The third-order valence-electron chi connectivity index (χ3n) is 4.03. The summed E-state index contributed by atoms with van der Waals surface area (Å²) in [5.41, 5.74) is 0.833. The molecule has 1 heterocycles. The summed E-state index contributed by atoms with van der Waals surface area (Å²) < 4.78 is 5.68. The van der Waals surface area contributed by atoms with E-state index in [4.69, 9.17) is 17.0 Å². The monoisotopic (exact) mass is 379 g/mol. The highest BCUT2D eigenvalue weighted by Crippen LogP contribution is 2.36. The van der Waals surface area contributed by atoms with Gasteiger partial charge in [-0.1, -0.05) is 56.4 Å². The number of aliphatic carboxylic acids is 1. The van der Waals surface area contributed by atoms with E-state index >= 15 is 0 Å².